The molecule has 2 aromatic rings. The molecule has 122 valence electrons. The van der Waals surface area contributed by atoms with E-state index in [1.165, 1.54) is 6.20 Å². The van der Waals surface area contributed by atoms with Gasteiger partial charge in [0.25, 0.3) is 5.91 Å². The zero-order valence-corrected chi connectivity index (χ0v) is 13.5. The fourth-order valence-corrected chi connectivity index (χ4v) is 2.99. The molecule has 0 spiro atoms. The zero-order chi connectivity index (χ0) is 16.4. The number of nitrogens with one attached hydrogen (secondary N) is 2. The highest BCUT2D eigenvalue weighted by molar-refractivity contribution is 5.92. The lowest BCUT2D eigenvalue weighted by Crippen LogP contribution is -2.40. The maximum atomic E-state index is 12.4. The normalized spacial score (nSPS) is 21.3. The smallest absolute Gasteiger partial charge is 0.271 e. The number of carbonyl (C=O) groups is 1. The number of nitrogens with zero attached hydrogens (tertiary/aromatic N) is 5. The summed E-state index contributed by atoms with van der Waals surface area (Å²) in [5.74, 6) is 0.642. The number of hydrogen-bond acceptors (Lipinski definition) is 6. The molecule has 1 saturated heterocycles. The number of rotatable bonds is 4. The summed E-state index contributed by atoms with van der Waals surface area (Å²) in [6.45, 7) is 1.68. The van der Waals surface area contributed by atoms with Crippen molar-refractivity contribution in [3.05, 3.63) is 36.3 Å². The van der Waals surface area contributed by atoms with Crippen LogP contribution >= 0.6 is 0 Å². The van der Waals surface area contributed by atoms with E-state index in [-0.39, 0.29) is 17.9 Å². The largest absolute Gasteiger partial charge is 0.372 e. The number of likely N-dealkylation sites (N-methyl/N-ethyl adjacent to an activating group) is 1. The summed E-state index contributed by atoms with van der Waals surface area (Å²) >= 11 is 0. The predicted molar refractivity (Wildman–Crippen MR) is 86.3 cm³/mol. The molecule has 0 unspecified atom stereocenters. The summed E-state index contributed by atoms with van der Waals surface area (Å²) in [6, 6.07) is 0.0219. The van der Waals surface area contributed by atoms with Crippen molar-refractivity contribution >= 4 is 11.7 Å². The molecule has 23 heavy (non-hydrogen) atoms. The molecular weight excluding hydrogens is 294 g/mol. The van der Waals surface area contributed by atoms with Crippen LogP contribution in [0.2, 0.25) is 0 Å². The molecule has 0 saturated carbocycles. The third-order valence-corrected chi connectivity index (χ3v) is 4.19. The van der Waals surface area contributed by atoms with Gasteiger partial charge in [-0.1, -0.05) is 0 Å². The van der Waals surface area contributed by atoms with Crippen LogP contribution in [-0.4, -0.2) is 63.6 Å². The summed E-state index contributed by atoms with van der Waals surface area (Å²) in [4.78, 5) is 27.1. The lowest BCUT2D eigenvalue weighted by molar-refractivity contribution is 0.0930. The molecule has 0 radical (unpaired) electrons. The van der Waals surface area contributed by atoms with Crippen molar-refractivity contribution in [2.45, 2.75) is 12.0 Å². The molecule has 1 aliphatic rings. The topological polar surface area (TPSA) is 88.0 Å². The number of aryl methyl sites for hydroxylation is 1. The average molecular weight is 315 g/mol. The van der Waals surface area contributed by atoms with Crippen LogP contribution in [0.15, 0.2) is 24.9 Å². The highest BCUT2D eigenvalue weighted by Gasteiger charge is 2.35. The minimum Gasteiger partial charge on any atom is -0.372 e. The minimum atomic E-state index is -0.201. The van der Waals surface area contributed by atoms with E-state index in [1.54, 1.807) is 19.6 Å². The van der Waals surface area contributed by atoms with Gasteiger partial charge in [0.1, 0.15) is 11.5 Å². The Balaban J connectivity index is 1.74. The number of likely N-dealkylation sites (tertiary alicyclic amines) is 1. The Hall–Kier alpha value is -2.48. The van der Waals surface area contributed by atoms with Crippen LogP contribution in [0.5, 0.6) is 0 Å². The third kappa shape index (κ3) is 3.16. The van der Waals surface area contributed by atoms with Gasteiger partial charge in [-0.2, -0.15) is 0 Å². The predicted octanol–water partition coefficient (Wildman–Crippen LogP) is 0.0794. The number of imidazole rings is 1. The first-order valence-corrected chi connectivity index (χ1v) is 7.54. The van der Waals surface area contributed by atoms with E-state index < -0.39 is 0 Å². The van der Waals surface area contributed by atoms with Crippen LogP contribution in [0, 0.1) is 0 Å². The van der Waals surface area contributed by atoms with Gasteiger partial charge in [0.05, 0.1) is 24.8 Å². The fraction of sp³-hybridized carbons (Fsp3) is 0.467. The first kappa shape index (κ1) is 15.4. The summed E-state index contributed by atoms with van der Waals surface area (Å²) in [7, 11) is 5.79. The third-order valence-electron chi connectivity index (χ3n) is 4.19. The molecule has 8 heteroatoms. The van der Waals surface area contributed by atoms with Crippen LogP contribution < -0.4 is 10.6 Å². The van der Waals surface area contributed by atoms with Gasteiger partial charge in [-0.05, 0) is 7.05 Å². The maximum Gasteiger partial charge on any atom is 0.271 e. The zero-order valence-electron chi connectivity index (χ0n) is 13.5. The number of amides is 1. The van der Waals surface area contributed by atoms with E-state index in [0.717, 1.165) is 18.8 Å². The van der Waals surface area contributed by atoms with E-state index in [2.05, 4.69) is 37.5 Å². The second-order valence-corrected chi connectivity index (χ2v) is 5.87. The molecule has 0 aliphatic carbocycles. The Bertz CT molecular complexity index is 681. The van der Waals surface area contributed by atoms with Gasteiger partial charge < -0.3 is 20.1 Å². The second kappa shape index (κ2) is 6.33. The summed E-state index contributed by atoms with van der Waals surface area (Å²) in [5, 5.41) is 5.97. The molecule has 2 N–H and O–H groups in total. The molecule has 3 heterocycles. The summed E-state index contributed by atoms with van der Waals surface area (Å²) in [5.41, 5.74) is 1.44. The molecule has 1 aliphatic heterocycles. The van der Waals surface area contributed by atoms with Crippen LogP contribution in [0.25, 0.3) is 0 Å². The van der Waals surface area contributed by atoms with Gasteiger partial charge in [-0.15, -0.1) is 0 Å². The minimum absolute atomic E-state index is 0.0219. The molecule has 0 aromatic carbocycles. The van der Waals surface area contributed by atoms with Crippen LogP contribution in [-0.2, 0) is 7.05 Å². The lowest BCUT2D eigenvalue weighted by Gasteiger charge is -2.20. The van der Waals surface area contributed by atoms with Crippen molar-refractivity contribution in [2.75, 3.05) is 32.5 Å². The quantitative estimate of drug-likeness (QED) is 0.831. The molecule has 1 amide bonds. The average Bonchev–Trinajstić information content (AvgIpc) is 3.12. The van der Waals surface area contributed by atoms with Gasteiger partial charge in [0.2, 0.25) is 0 Å². The maximum absolute atomic E-state index is 12.4. The lowest BCUT2D eigenvalue weighted by atomic mass is 10.00. The van der Waals surface area contributed by atoms with Crippen molar-refractivity contribution in [3.63, 3.8) is 0 Å². The van der Waals surface area contributed by atoms with Gasteiger partial charge in [0.15, 0.2) is 0 Å². The van der Waals surface area contributed by atoms with E-state index >= 15 is 0 Å². The van der Waals surface area contributed by atoms with Crippen LogP contribution in [0.1, 0.15) is 22.1 Å². The van der Waals surface area contributed by atoms with Crippen LogP contribution in [0.3, 0.4) is 0 Å². The first-order valence-electron chi connectivity index (χ1n) is 7.54. The molecular formula is C15H21N7O. The standard InChI is InChI=1S/C15H21N7O/c1-16-14-6-18-11(4-19-14)15(23)20-12-8-21(2)7-10(12)13-5-17-9-22(13)3/h4-6,9-10,12H,7-8H2,1-3H3,(H,16,19)(H,20,23)/t10-,12-/m1/s1. The summed E-state index contributed by atoms with van der Waals surface area (Å²) < 4.78 is 2.00. The van der Waals surface area contributed by atoms with E-state index in [0.29, 0.717) is 11.5 Å². The monoisotopic (exact) mass is 315 g/mol. The Morgan fingerprint density at radius 1 is 1.22 bits per heavy atom. The molecule has 1 fully saturated rings. The Morgan fingerprint density at radius 2 is 2.04 bits per heavy atom. The SMILES string of the molecule is CNc1cnc(C(=O)N[C@@H]2CN(C)C[C@H]2c2cncn2C)cn1. The highest BCUT2D eigenvalue weighted by atomic mass is 16.2. The van der Waals surface area contributed by atoms with Crippen molar-refractivity contribution in [3.8, 4) is 0 Å². The number of aromatic nitrogens is 4. The highest BCUT2D eigenvalue weighted by Crippen LogP contribution is 2.26. The number of carbonyl (C=O) groups excluding carboxylic acids is 1. The van der Waals surface area contributed by atoms with Crippen LogP contribution in [0.4, 0.5) is 5.82 Å². The molecule has 0 bridgehead atoms. The van der Waals surface area contributed by atoms with E-state index in [1.807, 2.05) is 17.8 Å². The van der Waals surface area contributed by atoms with Gasteiger partial charge >= 0.3 is 0 Å². The number of anilines is 1. The van der Waals surface area contributed by atoms with Gasteiger partial charge in [-0.25, -0.2) is 15.0 Å². The van der Waals surface area contributed by atoms with Crippen molar-refractivity contribution in [2.24, 2.45) is 7.05 Å². The number of hydrogen-bond donors (Lipinski definition) is 2. The molecule has 2 aromatic heterocycles. The van der Waals surface area contributed by atoms with Gasteiger partial charge in [-0.3, -0.25) is 4.79 Å². The molecule has 2 atom stereocenters. The fourth-order valence-electron chi connectivity index (χ4n) is 2.99. The molecule has 8 nitrogen and oxygen atoms in total. The van der Waals surface area contributed by atoms with Crippen molar-refractivity contribution in [1.82, 2.24) is 29.7 Å². The van der Waals surface area contributed by atoms with E-state index in [9.17, 15) is 4.79 Å². The Labute approximate surface area is 135 Å². The second-order valence-electron chi connectivity index (χ2n) is 5.87. The summed E-state index contributed by atoms with van der Waals surface area (Å²) in [6.07, 6.45) is 6.69. The Kier molecular flexibility index (Phi) is 4.24. The van der Waals surface area contributed by atoms with Crippen molar-refractivity contribution < 1.29 is 4.79 Å². The Morgan fingerprint density at radius 3 is 2.65 bits per heavy atom. The van der Waals surface area contributed by atoms with E-state index in [4.69, 9.17) is 0 Å². The first-order chi connectivity index (χ1) is 11.1. The van der Waals surface area contributed by atoms with Gasteiger partial charge in [0, 0.05) is 45.0 Å². The molecule has 3 rings (SSSR count). The van der Waals surface area contributed by atoms with Crippen molar-refractivity contribution in [1.29, 1.82) is 0 Å².